The largest absolute Gasteiger partial charge is 0.449 e. The van der Waals surface area contributed by atoms with Crippen LogP contribution in [0.3, 0.4) is 0 Å². The van der Waals surface area contributed by atoms with Gasteiger partial charge in [-0.3, -0.25) is 4.79 Å². The van der Waals surface area contributed by atoms with Crippen molar-refractivity contribution in [2.45, 2.75) is 38.1 Å². The molecule has 4 rings (SSSR count). The molecule has 1 aromatic heterocycles. The van der Waals surface area contributed by atoms with Gasteiger partial charge in [0.2, 0.25) is 16.0 Å². The van der Waals surface area contributed by atoms with Crippen molar-refractivity contribution >= 4 is 21.8 Å². The number of fused-ring (bicyclic) bond motifs is 2. The van der Waals surface area contributed by atoms with E-state index in [-0.39, 0.29) is 29.6 Å². The number of Topliss-reactive ketones (excluding diaryl/α,β-unsaturated/α-hetero) is 1. The topological polar surface area (TPSA) is 119 Å². The van der Waals surface area contributed by atoms with E-state index < -0.39 is 15.6 Å². The van der Waals surface area contributed by atoms with Crippen LogP contribution in [0.5, 0.6) is 0 Å². The van der Waals surface area contributed by atoms with E-state index in [9.17, 15) is 13.2 Å². The number of oxazole rings is 1. The standard InChI is InChI=1S/C19H22N4O4S/c1-12-21-16(10-27-12)17(24)9-13-5-6-14-4-3-7-19(15(14)8-13)11-28(25,26)23(2)18(20)22-19/h5-6,8,10H,3-4,7,9,11H2,1-2H3,(H2,20,22)/t19-/m0/s1. The molecule has 1 spiro atoms. The Morgan fingerprint density at radius 2 is 2.18 bits per heavy atom. The van der Waals surface area contributed by atoms with Crippen LogP contribution in [0, 0.1) is 6.92 Å². The third kappa shape index (κ3) is 3.09. The fraction of sp³-hybridized carbons (Fsp3) is 0.421. The van der Waals surface area contributed by atoms with Crippen molar-refractivity contribution in [3.05, 3.63) is 52.7 Å². The average Bonchev–Trinajstić information content (AvgIpc) is 3.07. The fourth-order valence-electron chi connectivity index (χ4n) is 3.99. The third-order valence-corrected chi connectivity index (χ3v) is 7.34. The fourth-order valence-corrected chi connectivity index (χ4v) is 5.47. The van der Waals surface area contributed by atoms with Crippen LogP contribution in [0.4, 0.5) is 0 Å². The molecule has 2 N–H and O–H groups in total. The first-order valence-corrected chi connectivity index (χ1v) is 10.7. The summed E-state index contributed by atoms with van der Waals surface area (Å²) in [6, 6.07) is 5.76. The highest BCUT2D eigenvalue weighted by Crippen LogP contribution is 2.42. The Morgan fingerprint density at radius 1 is 1.39 bits per heavy atom. The zero-order valence-corrected chi connectivity index (χ0v) is 16.6. The summed E-state index contributed by atoms with van der Waals surface area (Å²) in [5.41, 5.74) is 8.01. The molecule has 1 atom stereocenters. The van der Waals surface area contributed by atoms with E-state index in [1.807, 2.05) is 18.2 Å². The summed E-state index contributed by atoms with van der Waals surface area (Å²) < 4.78 is 31.4. The number of carbonyl (C=O) groups is 1. The smallest absolute Gasteiger partial charge is 0.239 e. The summed E-state index contributed by atoms with van der Waals surface area (Å²) in [6.07, 6.45) is 3.79. The van der Waals surface area contributed by atoms with Gasteiger partial charge in [0, 0.05) is 20.4 Å². The number of aliphatic imine (C=N–C) groups is 1. The summed E-state index contributed by atoms with van der Waals surface area (Å²) in [7, 11) is -2.13. The van der Waals surface area contributed by atoms with E-state index in [1.54, 1.807) is 6.92 Å². The summed E-state index contributed by atoms with van der Waals surface area (Å²) in [5.74, 6) is 0.165. The molecule has 2 aromatic rings. The van der Waals surface area contributed by atoms with Gasteiger partial charge in [0.05, 0.1) is 5.75 Å². The van der Waals surface area contributed by atoms with Gasteiger partial charge in [-0.25, -0.2) is 22.7 Å². The van der Waals surface area contributed by atoms with Gasteiger partial charge in [0.25, 0.3) is 0 Å². The maximum atomic E-state index is 12.6. The van der Waals surface area contributed by atoms with Gasteiger partial charge in [0.15, 0.2) is 11.7 Å². The van der Waals surface area contributed by atoms with E-state index in [0.29, 0.717) is 12.3 Å². The molecule has 0 saturated carbocycles. The molecule has 1 aromatic carbocycles. The summed E-state index contributed by atoms with van der Waals surface area (Å²) in [6.45, 7) is 1.68. The molecule has 0 radical (unpaired) electrons. The lowest BCUT2D eigenvalue weighted by Gasteiger charge is -2.40. The number of aromatic nitrogens is 1. The second-order valence-corrected chi connectivity index (χ2v) is 9.42. The molecule has 2 heterocycles. The monoisotopic (exact) mass is 402 g/mol. The van der Waals surface area contributed by atoms with Crippen molar-refractivity contribution in [3.8, 4) is 0 Å². The Balaban J connectivity index is 1.73. The molecule has 148 valence electrons. The van der Waals surface area contributed by atoms with Crippen LogP contribution in [-0.2, 0) is 28.4 Å². The van der Waals surface area contributed by atoms with Crippen LogP contribution in [0.2, 0.25) is 0 Å². The highest BCUT2D eigenvalue weighted by atomic mass is 32.2. The van der Waals surface area contributed by atoms with Gasteiger partial charge in [-0.2, -0.15) is 0 Å². The number of carbonyl (C=O) groups excluding carboxylic acids is 1. The molecule has 0 bridgehead atoms. The second kappa shape index (κ2) is 6.44. The minimum Gasteiger partial charge on any atom is -0.449 e. The Bertz CT molecular complexity index is 1090. The van der Waals surface area contributed by atoms with Crippen molar-refractivity contribution in [1.29, 1.82) is 0 Å². The van der Waals surface area contributed by atoms with Gasteiger partial charge in [-0.05, 0) is 36.0 Å². The van der Waals surface area contributed by atoms with Crippen LogP contribution in [0.1, 0.15) is 45.9 Å². The molecule has 0 fully saturated rings. The molecule has 1 aliphatic heterocycles. The number of hydrogen-bond acceptors (Lipinski definition) is 7. The lowest BCUT2D eigenvalue weighted by molar-refractivity contribution is 0.0988. The first-order chi connectivity index (χ1) is 13.2. The lowest BCUT2D eigenvalue weighted by atomic mass is 9.77. The Labute approximate surface area is 163 Å². The number of ketones is 1. The SMILES string of the molecule is Cc1nc(C(=O)Cc2ccc3c(c2)[C@]2(CCC3)CS(=O)(=O)N(C)C(N)=N2)co1. The van der Waals surface area contributed by atoms with E-state index >= 15 is 0 Å². The molecule has 0 amide bonds. The molecule has 1 aliphatic carbocycles. The van der Waals surface area contributed by atoms with Gasteiger partial charge < -0.3 is 10.2 Å². The molecular formula is C19H22N4O4S. The first-order valence-electron chi connectivity index (χ1n) is 9.10. The minimum absolute atomic E-state index is 0.00125. The third-order valence-electron chi connectivity index (χ3n) is 5.47. The number of sulfonamides is 1. The number of nitrogens with two attached hydrogens (primary N) is 1. The molecule has 0 unspecified atom stereocenters. The highest BCUT2D eigenvalue weighted by Gasteiger charge is 2.45. The van der Waals surface area contributed by atoms with Crippen molar-refractivity contribution in [3.63, 3.8) is 0 Å². The van der Waals surface area contributed by atoms with Gasteiger partial charge >= 0.3 is 0 Å². The maximum Gasteiger partial charge on any atom is 0.239 e. The molecule has 0 saturated heterocycles. The number of benzene rings is 1. The first kappa shape index (κ1) is 18.7. The van der Waals surface area contributed by atoms with Crippen LogP contribution >= 0.6 is 0 Å². The predicted octanol–water partition coefficient (Wildman–Crippen LogP) is 1.53. The number of guanidine groups is 1. The number of hydrogen-bond donors (Lipinski definition) is 1. The lowest BCUT2D eigenvalue weighted by Crippen LogP contribution is -2.52. The van der Waals surface area contributed by atoms with E-state index in [1.165, 1.54) is 13.3 Å². The normalized spacial score (nSPS) is 23.4. The summed E-state index contributed by atoms with van der Waals surface area (Å²) in [4.78, 5) is 21.2. The van der Waals surface area contributed by atoms with Gasteiger partial charge in [-0.15, -0.1) is 0 Å². The molecular weight excluding hydrogens is 380 g/mol. The van der Waals surface area contributed by atoms with Crippen LogP contribution in [0.15, 0.2) is 33.9 Å². The summed E-state index contributed by atoms with van der Waals surface area (Å²) in [5, 5.41) is 0. The van der Waals surface area contributed by atoms with E-state index in [4.69, 9.17) is 10.2 Å². The molecule has 8 nitrogen and oxygen atoms in total. The molecule has 28 heavy (non-hydrogen) atoms. The van der Waals surface area contributed by atoms with Gasteiger partial charge in [-0.1, -0.05) is 18.2 Å². The Morgan fingerprint density at radius 3 is 2.86 bits per heavy atom. The number of nitrogens with zero attached hydrogens (tertiary/aromatic N) is 3. The molecule has 9 heteroatoms. The van der Waals surface area contributed by atoms with Crippen molar-refractivity contribution < 1.29 is 17.6 Å². The number of rotatable bonds is 3. The van der Waals surface area contributed by atoms with Crippen LogP contribution < -0.4 is 5.73 Å². The zero-order valence-electron chi connectivity index (χ0n) is 15.8. The Kier molecular flexibility index (Phi) is 4.29. The zero-order chi connectivity index (χ0) is 20.1. The second-order valence-electron chi connectivity index (χ2n) is 7.42. The highest BCUT2D eigenvalue weighted by molar-refractivity contribution is 7.89. The van der Waals surface area contributed by atoms with Crippen molar-refractivity contribution in [2.24, 2.45) is 10.7 Å². The number of aryl methyl sites for hydroxylation is 2. The van der Waals surface area contributed by atoms with E-state index in [0.717, 1.165) is 33.8 Å². The Hall–Kier alpha value is -2.68. The quantitative estimate of drug-likeness (QED) is 0.778. The van der Waals surface area contributed by atoms with Crippen LogP contribution in [-0.4, -0.2) is 42.3 Å². The van der Waals surface area contributed by atoms with Crippen LogP contribution in [0.25, 0.3) is 0 Å². The van der Waals surface area contributed by atoms with Crippen molar-refractivity contribution in [1.82, 2.24) is 9.29 Å². The maximum absolute atomic E-state index is 12.6. The minimum atomic E-state index is -3.55. The predicted molar refractivity (Wildman–Crippen MR) is 104 cm³/mol. The van der Waals surface area contributed by atoms with Crippen molar-refractivity contribution in [2.75, 3.05) is 12.8 Å². The average molecular weight is 402 g/mol. The van der Waals surface area contributed by atoms with E-state index in [2.05, 4.69) is 9.98 Å². The summed E-state index contributed by atoms with van der Waals surface area (Å²) >= 11 is 0. The molecule has 2 aliphatic rings. The van der Waals surface area contributed by atoms with Gasteiger partial charge in [0.1, 0.15) is 17.5 Å².